The van der Waals surface area contributed by atoms with Gasteiger partial charge in [0, 0.05) is 62.2 Å². The molecule has 3 amide bonds. The van der Waals surface area contributed by atoms with Crippen LogP contribution in [0.5, 0.6) is 11.5 Å². The number of imide groups is 1. The van der Waals surface area contributed by atoms with Crippen LogP contribution in [0.4, 0.5) is 10.1 Å². The molecule has 3 aromatic heterocycles. The molecule has 3 fully saturated rings. The highest BCUT2D eigenvalue weighted by atomic mass is 19.1. The monoisotopic (exact) mass is 766 g/mol. The van der Waals surface area contributed by atoms with E-state index < -0.39 is 23.5 Å². The van der Waals surface area contributed by atoms with Crippen LogP contribution in [0, 0.1) is 5.92 Å². The molecule has 2 aromatic carbocycles. The lowest BCUT2D eigenvalue weighted by Gasteiger charge is -2.43. The maximum atomic E-state index is 14.5. The number of rotatable bonds is 10. The molecule has 15 heteroatoms. The SMILES string of the molecule is COc1cc2nn([C@H]3CC[C@H](CN4CC(c5c(OC)ccc6c5n(C)c(=O)n6C5CCC(=O)NC5=O)C4)CC3)cc2cc1NC(=O)c1cccc(C(C)(C)F)n1. The number of pyridine rings is 1. The number of methoxy groups -OCH3 is 2. The van der Waals surface area contributed by atoms with Crippen molar-refractivity contribution in [1.82, 2.24) is 34.1 Å². The number of anilines is 1. The summed E-state index contributed by atoms with van der Waals surface area (Å²) in [6, 6.07) is 11.6. The zero-order valence-electron chi connectivity index (χ0n) is 32.3. The van der Waals surface area contributed by atoms with Crippen molar-refractivity contribution in [2.45, 2.75) is 76.0 Å². The molecule has 1 saturated carbocycles. The number of hydrogen-bond donors (Lipinski definition) is 2. The van der Waals surface area contributed by atoms with Crippen molar-refractivity contribution in [3.05, 3.63) is 76.1 Å². The third kappa shape index (κ3) is 6.82. The van der Waals surface area contributed by atoms with Gasteiger partial charge in [-0.3, -0.25) is 33.5 Å². The Bertz CT molecular complexity index is 2410. The topological polar surface area (TPSA) is 155 Å². The Labute approximate surface area is 322 Å². The molecule has 2 N–H and O–H groups in total. The summed E-state index contributed by atoms with van der Waals surface area (Å²) >= 11 is 0. The van der Waals surface area contributed by atoms with Crippen LogP contribution in [0.1, 0.15) is 92.1 Å². The lowest BCUT2D eigenvalue weighted by atomic mass is 9.83. The molecule has 1 aliphatic carbocycles. The predicted molar refractivity (Wildman–Crippen MR) is 208 cm³/mol. The van der Waals surface area contributed by atoms with Crippen molar-refractivity contribution in [3.63, 3.8) is 0 Å². The number of nitrogens with one attached hydrogen (secondary N) is 2. The summed E-state index contributed by atoms with van der Waals surface area (Å²) in [5, 5.41) is 11.0. The second-order valence-electron chi connectivity index (χ2n) is 15.9. The number of carbonyl (C=O) groups is 3. The number of halogens is 1. The molecule has 0 bridgehead atoms. The Balaban J connectivity index is 0.909. The lowest BCUT2D eigenvalue weighted by molar-refractivity contribution is -0.135. The highest BCUT2D eigenvalue weighted by Crippen LogP contribution is 2.41. The van der Waals surface area contributed by atoms with E-state index in [9.17, 15) is 23.6 Å². The van der Waals surface area contributed by atoms with Crippen LogP contribution < -0.4 is 25.8 Å². The average Bonchev–Trinajstić information content (AvgIpc) is 3.69. The summed E-state index contributed by atoms with van der Waals surface area (Å²) in [7, 11) is 4.91. The van der Waals surface area contributed by atoms with E-state index in [1.807, 2.05) is 35.1 Å². The highest BCUT2D eigenvalue weighted by molar-refractivity contribution is 6.05. The van der Waals surface area contributed by atoms with E-state index in [4.69, 9.17) is 14.6 Å². The minimum atomic E-state index is -1.68. The van der Waals surface area contributed by atoms with Gasteiger partial charge in [-0.05, 0) is 82.2 Å². The maximum absolute atomic E-state index is 14.5. The average molecular weight is 767 g/mol. The molecule has 8 rings (SSSR count). The molecular formula is C41H47FN8O6. The predicted octanol–water partition coefficient (Wildman–Crippen LogP) is 5.37. The standard InChI is InChI=1S/C41H47FN8O6/c1-41(2,42)34-8-6-7-27(43-34)38(52)44-29-17-24-22-49(46-28(24)18-33(29)56-5)26-11-9-23(10-12-26)19-48-20-25(21-48)36-32(55-4)15-13-30-37(36)47(3)40(54)50(30)31-14-16-35(51)45-39(31)53/h6-8,13,15,17-18,22-23,25-26,31H,9-12,14,16,19-21H2,1-5H3,(H,44,52)(H,45,51,53)/t23-,26-,31?. The number of nitrogens with zero attached hydrogens (tertiary/aromatic N) is 6. The van der Waals surface area contributed by atoms with Gasteiger partial charge in [0.25, 0.3) is 5.91 Å². The number of aryl methyl sites for hydroxylation is 1. The van der Waals surface area contributed by atoms with Crippen LogP contribution in [0.3, 0.4) is 0 Å². The van der Waals surface area contributed by atoms with Crippen molar-refractivity contribution in [2.24, 2.45) is 13.0 Å². The number of ether oxygens (including phenoxy) is 2. The molecule has 2 saturated heterocycles. The van der Waals surface area contributed by atoms with E-state index >= 15 is 0 Å². The molecule has 3 aliphatic rings. The number of benzene rings is 2. The normalized spacial score (nSPS) is 20.9. The number of amides is 3. The molecule has 294 valence electrons. The maximum Gasteiger partial charge on any atom is 0.329 e. The fraction of sp³-hybridized carbons (Fsp3) is 0.463. The number of imidazole rings is 1. The van der Waals surface area contributed by atoms with Crippen LogP contribution in [-0.4, -0.2) is 80.4 Å². The number of carbonyl (C=O) groups excluding carboxylic acids is 3. The minimum absolute atomic E-state index is 0.113. The molecule has 0 radical (unpaired) electrons. The first-order chi connectivity index (χ1) is 26.8. The van der Waals surface area contributed by atoms with Crippen molar-refractivity contribution < 1.29 is 28.2 Å². The molecule has 5 heterocycles. The van der Waals surface area contributed by atoms with E-state index in [0.29, 0.717) is 22.9 Å². The largest absolute Gasteiger partial charge is 0.496 e. The first-order valence-electron chi connectivity index (χ1n) is 19.2. The third-order valence-corrected chi connectivity index (χ3v) is 11.7. The Morgan fingerprint density at radius 1 is 1.00 bits per heavy atom. The Hall–Kier alpha value is -5.57. The fourth-order valence-corrected chi connectivity index (χ4v) is 8.75. The van der Waals surface area contributed by atoms with Gasteiger partial charge >= 0.3 is 5.69 Å². The molecular weight excluding hydrogens is 719 g/mol. The van der Waals surface area contributed by atoms with Gasteiger partial charge in [-0.25, -0.2) is 14.2 Å². The molecule has 1 unspecified atom stereocenters. The van der Waals surface area contributed by atoms with Crippen LogP contribution >= 0.6 is 0 Å². The number of alkyl halides is 1. The molecule has 5 aromatic rings. The van der Waals surface area contributed by atoms with Gasteiger partial charge in [-0.2, -0.15) is 5.10 Å². The first kappa shape index (κ1) is 37.4. The van der Waals surface area contributed by atoms with E-state index in [0.717, 1.165) is 73.1 Å². The summed E-state index contributed by atoms with van der Waals surface area (Å²) in [6.07, 6.45) is 6.62. The molecule has 56 heavy (non-hydrogen) atoms. The van der Waals surface area contributed by atoms with E-state index in [-0.39, 0.29) is 47.8 Å². The summed E-state index contributed by atoms with van der Waals surface area (Å²) < 4.78 is 31.1. The Morgan fingerprint density at radius 3 is 2.45 bits per heavy atom. The lowest BCUT2D eigenvalue weighted by Crippen LogP contribution is -2.47. The summed E-state index contributed by atoms with van der Waals surface area (Å²) in [5.74, 6) is 0.681. The minimum Gasteiger partial charge on any atom is -0.496 e. The second kappa shape index (κ2) is 14.5. The number of aromatic nitrogens is 5. The van der Waals surface area contributed by atoms with Gasteiger partial charge in [-0.1, -0.05) is 6.07 Å². The molecule has 2 aliphatic heterocycles. The molecule has 1 atom stereocenters. The van der Waals surface area contributed by atoms with Crippen LogP contribution in [0.15, 0.2) is 53.5 Å². The van der Waals surface area contributed by atoms with Crippen molar-refractivity contribution in [1.29, 1.82) is 0 Å². The van der Waals surface area contributed by atoms with Gasteiger partial charge in [0.2, 0.25) is 11.8 Å². The van der Waals surface area contributed by atoms with Gasteiger partial charge in [0.05, 0.1) is 48.2 Å². The quantitative estimate of drug-likeness (QED) is 0.179. The van der Waals surface area contributed by atoms with E-state index in [1.165, 1.54) is 18.4 Å². The number of piperidine rings is 1. The Kier molecular flexibility index (Phi) is 9.67. The van der Waals surface area contributed by atoms with E-state index in [2.05, 4.69) is 20.5 Å². The zero-order valence-corrected chi connectivity index (χ0v) is 32.3. The first-order valence-corrected chi connectivity index (χ1v) is 19.2. The summed E-state index contributed by atoms with van der Waals surface area (Å²) in [5.41, 5.74) is 2.01. The summed E-state index contributed by atoms with van der Waals surface area (Å²) in [6.45, 7) is 5.48. The number of likely N-dealkylation sites (tertiary alicyclic amines) is 1. The molecule has 0 spiro atoms. The van der Waals surface area contributed by atoms with Gasteiger partial charge in [-0.15, -0.1) is 0 Å². The zero-order chi connectivity index (χ0) is 39.5. The fourth-order valence-electron chi connectivity index (χ4n) is 8.75. The third-order valence-electron chi connectivity index (χ3n) is 11.7. The summed E-state index contributed by atoms with van der Waals surface area (Å²) in [4.78, 5) is 58.0. The van der Waals surface area contributed by atoms with Crippen molar-refractivity contribution >= 4 is 45.3 Å². The van der Waals surface area contributed by atoms with Gasteiger partial charge in [0.15, 0.2) is 0 Å². The molecule has 14 nitrogen and oxygen atoms in total. The van der Waals surface area contributed by atoms with E-state index in [1.54, 1.807) is 44.0 Å². The van der Waals surface area contributed by atoms with Crippen molar-refractivity contribution in [2.75, 3.05) is 39.2 Å². The number of hydrogen-bond acceptors (Lipinski definition) is 9. The smallest absolute Gasteiger partial charge is 0.329 e. The Morgan fingerprint density at radius 2 is 1.75 bits per heavy atom. The van der Waals surface area contributed by atoms with Crippen molar-refractivity contribution in [3.8, 4) is 11.5 Å². The van der Waals surface area contributed by atoms with Gasteiger partial charge < -0.3 is 19.7 Å². The second-order valence-corrected chi connectivity index (χ2v) is 15.9. The van der Waals surface area contributed by atoms with Gasteiger partial charge in [0.1, 0.15) is 28.9 Å². The van der Waals surface area contributed by atoms with Crippen LogP contribution in [0.25, 0.3) is 21.9 Å². The van der Waals surface area contributed by atoms with Crippen LogP contribution in [-0.2, 0) is 22.3 Å². The number of fused-ring (bicyclic) bond motifs is 2. The van der Waals surface area contributed by atoms with Crippen LogP contribution in [0.2, 0.25) is 0 Å². The highest BCUT2D eigenvalue weighted by Gasteiger charge is 2.37.